The maximum atomic E-state index is 12.6. The van der Waals surface area contributed by atoms with Crippen LogP contribution in [0, 0.1) is 5.92 Å². The summed E-state index contributed by atoms with van der Waals surface area (Å²) in [5, 5.41) is 0. The van der Waals surface area contributed by atoms with Gasteiger partial charge in [-0.2, -0.15) is 13.2 Å². The van der Waals surface area contributed by atoms with Crippen molar-refractivity contribution in [2.45, 2.75) is 31.9 Å². The quantitative estimate of drug-likeness (QED) is 0.823. The maximum absolute atomic E-state index is 12.6. The fourth-order valence-corrected chi connectivity index (χ4v) is 2.87. The summed E-state index contributed by atoms with van der Waals surface area (Å²) in [6.07, 6.45) is -3.31. The predicted molar refractivity (Wildman–Crippen MR) is 83.5 cm³/mol. The number of primary amides is 1. The Kier molecular flexibility index (Phi) is 5.81. The number of carbonyl (C=O) groups is 3. The zero-order chi connectivity index (χ0) is 18.6. The van der Waals surface area contributed by atoms with Gasteiger partial charge in [0.05, 0.1) is 5.56 Å². The first-order valence-electron chi connectivity index (χ1n) is 7.96. The molecule has 2 N–H and O–H groups in total. The second-order valence-electron chi connectivity index (χ2n) is 6.08. The molecule has 2 rings (SSSR count). The number of alkyl halides is 3. The van der Waals surface area contributed by atoms with Gasteiger partial charge in [-0.3, -0.25) is 14.4 Å². The third-order valence-corrected chi connectivity index (χ3v) is 4.23. The van der Waals surface area contributed by atoms with Crippen molar-refractivity contribution in [2.24, 2.45) is 11.7 Å². The molecule has 0 aromatic heterocycles. The first-order chi connectivity index (χ1) is 11.7. The van der Waals surface area contributed by atoms with Crippen LogP contribution < -0.4 is 5.73 Å². The Morgan fingerprint density at radius 3 is 2.32 bits per heavy atom. The van der Waals surface area contributed by atoms with E-state index in [1.165, 1.54) is 17.0 Å². The highest BCUT2D eigenvalue weighted by Gasteiger charge is 2.32. The molecule has 0 unspecified atom stereocenters. The van der Waals surface area contributed by atoms with Gasteiger partial charge in [0.25, 0.3) is 0 Å². The highest BCUT2D eigenvalue weighted by molar-refractivity contribution is 5.98. The predicted octanol–water partition coefficient (Wildman–Crippen LogP) is 2.39. The Labute approximate surface area is 143 Å². The standard InChI is InChI=1S/C17H19F3N2O3/c18-17(19,20)13-5-3-11(4-6-13)16(25)12-2-1-9-22(10-12)15(24)8-7-14(21)23/h3-6,12H,1-2,7-10H2,(H2,21,23)/t12-/m1/s1. The summed E-state index contributed by atoms with van der Waals surface area (Å²) in [6, 6.07) is 4.09. The molecule has 8 heteroatoms. The van der Waals surface area contributed by atoms with Crippen molar-refractivity contribution in [3.8, 4) is 0 Å². The number of likely N-dealkylation sites (tertiary alicyclic amines) is 1. The van der Waals surface area contributed by atoms with Crippen molar-refractivity contribution in [3.05, 3.63) is 35.4 Å². The van der Waals surface area contributed by atoms with Crippen LogP contribution in [0.25, 0.3) is 0 Å². The number of carbonyl (C=O) groups excluding carboxylic acids is 3. The average Bonchev–Trinajstić information content (AvgIpc) is 2.58. The van der Waals surface area contributed by atoms with Crippen LogP contribution in [-0.4, -0.2) is 35.6 Å². The largest absolute Gasteiger partial charge is 0.416 e. The Hall–Kier alpha value is -2.38. The Bertz CT molecular complexity index is 656. The van der Waals surface area contributed by atoms with Gasteiger partial charge in [0.15, 0.2) is 5.78 Å². The van der Waals surface area contributed by atoms with Gasteiger partial charge in [-0.15, -0.1) is 0 Å². The molecular formula is C17H19F3N2O3. The summed E-state index contributed by atoms with van der Waals surface area (Å²) < 4.78 is 37.7. The molecule has 1 aliphatic rings. The minimum atomic E-state index is -4.45. The molecular weight excluding hydrogens is 337 g/mol. The van der Waals surface area contributed by atoms with Gasteiger partial charge in [-0.25, -0.2) is 0 Å². The first kappa shape index (κ1) is 19.0. The molecule has 1 fully saturated rings. The van der Waals surface area contributed by atoms with Gasteiger partial charge in [0, 0.05) is 37.4 Å². The van der Waals surface area contributed by atoms with E-state index in [1.54, 1.807) is 0 Å². The summed E-state index contributed by atoms with van der Waals surface area (Å²) in [4.78, 5) is 36.8. The zero-order valence-corrected chi connectivity index (χ0v) is 13.5. The smallest absolute Gasteiger partial charge is 0.370 e. The molecule has 1 heterocycles. The van der Waals surface area contributed by atoms with Crippen molar-refractivity contribution >= 4 is 17.6 Å². The SMILES string of the molecule is NC(=O)CCC(=O)N1CCC[C@@H](C(=O)c2ccc(C(F)(F)F)cc2)C1. The summed E-state index contributed by atoms with van der Waals surface area (Å²) in [5.74, 6) is -1.55. The van der Waals surface area contributed by atoms with E-state index in [9.17, 15) is 27.6 Å². The monoisotopic (exact) mass is 356 g/mol. The fraction of sp³-hybridized carbons (Fsp3) is 0.471. The highest BCUT2D eigenvalue weighted by Crippen LogP contribution is 2.30. The van der Waals surface area contributed by atoms with E-state index in [0.717, 1.165) is 12.1 Å². The minimum absolute atomic E-state index is 0.00345. The number of amides is 2. The summed E-state index contributed by atoms with van der Waals surface area (Å²) in [7, 11) is 0. The van der Waals surface area contributed by atoms with Crippen LogP contribution in [0.2, 0.25) is 0 Å². The fourth-order valence-electron chi connectivity index (χ4n) is 2.87. The van der Waals surface area contributed by atoms with E-state index in [4.69, 9.17) is 5.73 Å². The lowest BCUT2D eigenvalue weighted by atomic mass is 9.89. The lowest BCUT2D eigenvalue weighted by molar-refractivity contribution is -0.137. The Balaban J connectivity index is 2.01. The van der Waals surface area contributed by atoms with Crippen LogP contribution in [0.1, 0.15) is 41.6 Å². The van der Waals surface area contributed by atoms with Crippen molar-refractivity contribution in [2.75, 3.05) is 13.1 Å². The number of Topliss-reactive ketones (excluding diaryl/α,β-unsaturated/α-hetero) is 1. The molecule has 1 aromatic carbocycles. The number of rotatable bonds is 5. The average molecular weight is 356 g/mol. The molecule has 25 heavy (non-hydrogen) atoms. The van der Waals surface area contributed by atoms with Crippen molar-refractivity contribution in [1.29, 1.82) is 0 Å². The number of piperidine rings is 1. The third-order valence-electron chi connectivity index (χ3n) is 4.23. The Morgan fingerprint density at radius 1 is 1.12 bits per heavy atom. The second-order valence-corrected chi connectivity index (χ2v) is 6.08. The number of hydrogen-bond acceptors (Lipinski definition) is 3. The topological polar surface area (TPSA) is 80.5 Å². The van der Waals surface area contributed by atoms with E-state index in [0.29, 0.717) is 19.4 Å². The number of nitrogens with two attached hydrogens (primary N) is 1. The number of halogens is 3. The molecule has 1 atom stereocenters. The molecule has 1 saturated heterocycles. The van der Waals surface area contributed by atoms with E-state index < -0.39 is 23.6 Å². The second kappa shape index (κ2) is 7.67. The van der Waals surface area contributed by atoms with Crippen molar-refractivity contribution in [1.82, 2.24) is 4.90 Å². The van der Waals surface area contributed by atoms with Gasteiger partial charge in [0.2, 0.25) is 11.8 Å². The van der Waals surface area contributed by atoms with Crippen LogP contribution in [0.5, 0.6) is 0 Å². The zero-order valence-electron chi connectivity index (χ0n) is 13.5. The lowest BCUT2D eigenvalue weighted by Gasteiger charge is -2.32. The summed E-state index contributed by atoms with van der Waals surface area (Å²) in [6.45, 7) is 0.700. The molecule has 0 aliphatic carbocycles. The van der Waals surface area contributed by atoms with Crippen LogP contribution >= 0.6 is 0 Å². The van der Waals surface area contributed by atoms with E-state index in [1.807, 2.05) is 0 Å². The molecule has 0 bridgehead atoms. The summed E-state index contributed by atoms with van der Waals surface area (Å²) >= 11 is 0. The normalized spacial score (nSPS) is 18.0. The first-order valence-corrected chi connectivity index (χ1v) is 7.96. The lowest BCUT2D eigenvalue weighted by Crippen LogP contribution is -2.42. The van der Waals surface area contributed by atoms with Gasteiger partial charge in [0.1, 0.15) is 0 Å². The van der Waals surface area contributed by atoms with Crippen LogP contribution in [0.4, 0.5) is 13.2 Å². The number of benzene rings is 1. The highest BCUT2D eigenvalue weighted by atomic mass is 19.4. The van der Waals surface area contributed by atoms with Crippen LogP contribution in [0.15, 0.2) is 24.3 Å². The van der Waals surface area contributed by atoms with Crippen molar-refractivity contribution in [3.63, 3.8) is 0 Å². The number of nitrogens with zero attached hydrogens (tertiary/aromatic N) is 1. The van der Waals surface area contributed by atoms with E-state index in [-0.39, 0.29) is 36.6 Å². The molecule has 0 radical (unpaired) electrons. The van der Waals surface area contributed by atoms with Gasteiger partial charge < -0.3 is 10.6 Å². The minimum Gasteiger partial charge on any atom is -0.370 e. The van der Waals surface area contributed by atoms with Gasteiger partial charge in [-0.05, 0) is 25.0 Å². The summed E-state index contributed by atoms with van der Waals surface area (Å²) in [5.41, 5.74) is 4.41. The van der Waals surface area contributed by atoms with Crippen molar-refractivity contribution < 1.29 is 27.6 Å². The van der Waals surface area contributed by atoms with Crippen LogP contribution in [-0.2, 0) is 15.8 Å². The molecule has 1 aromatic rings. The molecule has 5 nitrogen and oxygen atoms in total. The van der Waals surface area contributed by atoms with E-state index >= 15 is 0 Å². The maximum Gasteiger partial charge on any atom is 0.416 e. The van der Waals surface area contributed by atoms with Gasteiger partial charge >= 0.3 is 6.18 Å². The third kappa shape index (κ3) is 5.04. The van der Waals surface area contributed by atoms with Crippen LogP contribution in [0.3, 0.4) is 0 Å². The molecule has 136 valence electrons. The number of ketones is 1. The van der Waals surface area contributed by atoms with Gasteiger partial charge in [-0.1, -0.05) is 12.1 Å². The molecule has 0 spiro atoms. The van der Waals surface area contributed by atoms with E-state index in [2.05, 4.69) is 0 Å². The molecule has 1 aliphatic heterocycles. The molecule has 0 saturated carbocycles. The number of hydrogen-bond donors (Lipinski definition) is 1. The Morgan fingerprint density at radius 2 is 1.76 bits per heavy atom. The molecule has 2 amide bonds.